The molecule has 1 fully saturated rings. The quantitative estimate of drug-likeness (QED) is 0.469. The molecule has 0 aromatic heterocycles. The number of likely N-dealkylation sites (tertiary alicyclic amines) is 1. The maximum Gasteiger partial charge on any atom is 0.416 e. The number of piperidine rings is 1. The maximum absolute atomic E-state index is 13.8. The third kappa shape index (κ3) is 5.99. The summed E-state index contributed by atoms with van der Waals surface area (Å²) in [4.78, 5) is 29.7. The fourth-order valence-corrected chi connectivity index (χ4v) is 4.90. The summed E-state index contributed by atoms with van der Waals surface area (Å²) in [5.41, 5.74) is 9.40. The van der Waals surface area contributed by atoms with Crippen LogP contribution in [-0.2, 0) is 16.0 Å². The van der Waals surface area contributed by atoms with Crippen molar-refractivity contribution >= 4 is 27.6 Å². The number of sulfone groups is 1. The summed E-state index contributed by atoms with van der Waals surface area (Å²) >= 11 is 0. The fraction of sp³-hybridized carbons (Fsp3) is 0.348. The van der Waals surface area contributed by atoms with E-state index >= 15 is 0 Å². The van der Waals surface area contributed by atoms with Crippen molar-refractivity contribution < 1.29 is 31.2 Å². The minimum Gasteiger partial charge on any atom is -0.370 e. The average Bonchev–Trinajstić information content (AvgIpc) is 2.82. The van der Waals surface area contributed by atoms with E-state index in [0.29, 0.717) is 5.56 Å². The predicted molar refractivity (Wildman–Crippen MR) is 124 cm³/mol. The van der Waals surface area contributed by atoms with E-state index in [2.05, 4.69) is 4.99 Å². The average molecular weight is 511 g/mol. The van der Waals surface area contributed by atoms with Crippen molar-refractivity contribution in [2.24, 2.45) is 16.5 Å². The molecule has 1 heterocycles. The molecule has 0 aliphatic carbocycles. The van der Waals surface area contributed by atoms with Crippen molar-refractivity contribution in [3.8, 4) is 0 Å². The van der Waals surface area contributed by atoms with E-state index in [4.69, 9.17) is 11.5 Å². The molecule has 0 saturated carbocycles. The highest BCUT2D eigenvalue weighted by Crippen LogP contribution is 2.39. The Bertz CT molecular complexity index is 1250. The number of hydrogen-bond donors (Lipinski definition) is 2. The van der Waals surface area contributed by atoms with Gasteiger partial charge in [-0.15, -0.1) is 0 Å². The predicted octanol–water partition coefficient (Wildman–Crippen LogP) is 2.93. The summed E-state index contributed by atoms with van der Waals surface area (Å²) in [5, 5.41) is 0. The molecule has 188 valence electrons. The molecule has 2 amide bonds. The number of amides is 2. The zero-order valence-corrected chi connectivity index (χ0v) is 19.7. The van der Waals surface area contributed by atoms with Crippen LogP contribution in [0.3, 0.4) is 0 Å². The number of nitrogens with two attached hydrogens (primary N) is 2. The van der Waals surface area contributed by atoms with Gasteiger partial charge < -0.3 is 16.4 Å². The number of alkyl halides is 3. The molecule has 12 heteroatoms. The van der Waals surface area contributed by atoms with E-state index in [1.807, 2.05) is 0 Å². The zero-order valence-electron chi connectivity index (χ0n) is 18.9. The second kappa shape index (κ2) is 10.1. The van der Waals surface area contributed by atoms with Gasteiger partial charge in [0.1, 0.15) is 0 Å². The Kier molecular flexibility index (Phi) is 7.53. The van der Waals surface area contributed by atoms with E-state index in [9.17, 15) is 31.2 Å². The molecule has 0 bridgehead atoms. The topological polar surface area (TPSA) is 136 Å². The smallest absolute Gasteiger partial charge is 0.370 e. The number of halogens is 3. The van der Waals surface area contributed by atoms with Gasteiger partial charge in [0.25, 0.3) is 11.8 Å². The second-order valence-corrected chi connectivity index (χ2v) is 10.4. The molecule has 1 aliphatic heterocycles. The summed E-state index contributed by atoms with van der Waals surface area (Å²) in [5.74, 6) is -2.37. The first-order chi connectivity index (χ1) is 16.3. The highest BCUT2D eigenvalue weighted by atomic mass is 32.2. The Balaban J connectivity index is 1.76. The lowest BCUT2D eigenvalue weighted by molar-refractivity contribution is -0.138. The molecule has 1 saturated heterocycles. The Morgan fingerprint density at radius 3 is 2.11 bits per heavy atom. The van der Waals surface area contributed by atoms with Crippen molar-refractivity contribution in [2.45, 2.75) is 36.8 Å². The highest BCUT2D eigenvalue weighted by Gasteiger charge is 2.37. The van der Waals surface area contributed by atoms with Crippen LogP contribution in [0.25, 0.3) is 0 Å². The second-order valence-electron chi connectivity index (χ2n) is 8.14. The normalized spacial score (nSPS) is 15.0. The van der Waals surface area contributed by atoms with Crippen molar-refractivity contribution in [3.63, 3.8) is 0 Å². The largest absolute Gasteiger partial charge is 0.416 e. The first-order valence-corrected chi connectivity index (χ1v) is 12.5. The van der Waals surface area contributed by atoms with Crippen LogP contribution < -0.4 is 11.5 Å². The van der Waals surface area contributed by atoms with Crippen LogP contribution in [0, 0.1) is 0 Å². The Morgan fingerprint density at radius 1 is 1.03 bits per heavy atom. The van der Waals surface area contributed by atoms with Crippen LogP contribution in [0.1, 0.15) is 57.5 Å². The van der Waals surface area contributed by atoms with Crippen LogP contribution in [0.4, 0.5) is 13.2 Å². The van der Waals surface area contributed by atoms with Crippen LogP contribution in [0.15, 0.2) is 52.4 Å². The third-order valence-corrected chi connectivity index (χ3v) is 7.65. The van der Waals surface area contributed by atoms with Gasteiger partial charge >= 0.3 is 6.18 Å². The molecule has 3 rings (SSSR count). The van der Waals surface area contributed by atoms with Crippen LogP contribution in [-0.4, -0.2) is 49.9 Å². The summed E-state index contributed by atoms with van der Waals surface area (Å²) in [6.45, 7) is 1.98. The van der Waals surface area contributed by atoms with Crippen molar-refractivity contribution in [3.05, 3.63) is 64.7 Å². The van der Waals surface area contributed by atoms with Crippen LogP contribution in [0.5, 0.6) is 0 Å². The number of aliphatic imine (C=N–C) groups is 1. The van der Waals surface area contributed by atoms with Crippen molar-refractivity contribution in [1.29, 1.82) is 0 Å². The highest BCUT2D eigenvalue weighted by molar-refractivity contribution is 7.91. The molecule has 2 aromatic rings. The monoisotopic (exact) mass is 510 g/mol. The number of carbonyl (C=O) groups is 2. The molecule has 8 nitrogen and oxygen atoms in total. The van der Waals surface area contributed by atoms with Gasteiger partial charge in [0.2, 0.25) is 0 Å². The number of hydrogen-bond acceptors (Lipinski definition) is 4. The number of rotatable bonds is 5. The van der Waals surface area contributed by atoms with Gasteiger partial charge in [0.05, 0.1) is 16.2 Å². The molecule has 35 heavy (non-hydrogen) atoms. The van der Waals surface area contributed by atoms with Crippen LogP contribution >= 0.6 is 0 Å². The van der Waals surface area contributed by atoms with E-state index < -0.39 is 39.4 Å². The van der Waals surface area contributed by atoms with Gasteiger partial charge in [0.15, 0.2) is 15.8 Å². The molecule has 1 aliphatic rings. The number of guanidine groups is 1. The van der Waals surface area contributed by atoms with Gasteiger partial charge in [-0.3, -0.25) is 9.59 Å². The number of benzene rings is 2. The maximum atomic E-state index is 13.8. The van der Waals surface area contributed by atoms with Crippen molar-refractivity contribution in [1.82, 2.24) is 4.90 Å². The van der Waals surface area contributed by atoms with Gasteiger partial charge in [0, 0.05) is 24.2 Å². The molecule has 4 N–H and O–H groups in total. The molecular formula is C23H25F3N4O4S. The summed E-state index contributed by atoms with van der Waals surface area (Å²) in [6, 6.07) is 8.87. The van der Waals surface area contributed by atoms with E-state index in [0.717, 1.165) is 6.07 Å². The summed E-state index contributed by atoms with van der Waals surface area (Å²) in [6.07, 6.45) is -4.12. The van der Waals surface area contributed by atoms with Gasteiger partial charge in [-0.25, -0.2) is 8.42 Å². The van der Waals surface area contributed by atoms with Gasteiger partial charge in [-0.1, -0.05) is 13.0 Å². The molecule has 2 aromatic carbocycles. The minimum atomic E-state index is -4.70. The molecular weight excluding hydrogens is 485 g/mol. The molecule has 0 radical (unpaired) electrons. The molecule has 0 atom stereocenters. The Hall–Kier alpha value is -3.41. The zero-order chi connectivity index (χ0) is 26.0. The van der Waals surface area contributed by atoms with E-state index in [-0.39, 0.29) is 53.6 Å². The number of nitrogens with zero attached hydrogens (tertiary/aromatic N) is 2. The molecule has 0 unspecified atom stereocenters. The lowest BCUT2D eigenvalue weighted by atomic mass is 9.85. The third-order valence-electron chi connectivity index (χ3n) is 5.90. The Morgan fingerprint density at radius 2 is 1.60 bits per heavy atom. The summed E-state index contributed by atoms with van der Waals surface area (Å²) < 4.78 is 65.2. The molecule has 0 spiro atoms. The first-order valence-electron chi connectivity index (χ1n) is 10.8. The SMILES string of the molecule is CCS(=O)(=O)c1ccc(C(=O)N2CCC(c3ccc(C(=O)N=C(N)N)cc3C(F)(F)F)CC2)cc1. The first kappa shape index (κ1) is 26.2. The standard InChI is InChI=1S/C23H25F3N4O4S/c1-2-35(33,34)17-6-3-15(4-7-17)21(32)30-11-9-14(10-12-30)18-8-5-16(20(31)29-22(27)28)13-19(18)23(24,25)26/h3-8,13-14H,2,9-12H2,1H3,(H4,27,28,29,31). The van der Waals surface area contributed by atoms with Gasteiger partial charge in [-0.05, 0) is 60.7 Å². The van der Waals surface area contributed by atoms with Crippen LogP contribution in [0.2, 0.25) is 0 Å². The lowest BCUT2D eigenvalue weighted by Gasteiger charge is -2.33. The minimum absolute atomic E-state index is 0.0416. The fourth-order valence-electron chi connectivity index (χ4n) is 4.02. The summed E-state index contributed by atoms with van der Waals surface area (Å²) in [7, 11) is -3.39. The number of carbonyl (C=O) groups excluding carboxylic acids is 2. The Labute approximate surface area is 200 Å². The van der Waals surface area contributed by atoms with E-state index in [1.165, 1.54) is 48.2 Å². The van der Waals surface area contributed by atoms with Gasteiger partial charge in [-0.2, -0.15) is 18.2 Å². The van der Waals surface area contributed by atoms with E-state index in [1.54, 1.807) is 0 Å². The lowest BCUT2D eigenvalue weighted by Crippen LogP contribution is -2.38. The van der Waals surface area contributed by atoms with Crippen molar-refractivity contribution in [2.75, 3.05) is 18.8 Å².